The molecule has 0 aliphatic carbocycles. The quantitative estimate of drug-likeness (QED) is 0.657. The second-order valence-electron chi connectivity index (χ2n) is 6.26. The summed E-state index contributed by atoms with van der Waals surface area (Å²) in [6.07, 6.45) is 0. The normalized spacial score (nSPS) is 11.7. The summed E-state index contributed by atoms with van der Waals surface area (Å²) in [7, 11) is 0. The predicted molar refractivity (Wildman–Crippen MR) is 98.8 cm³/mol. The highest BCUT2D eigenvalue weighted by Gasteiger charge is 2.34. The van der Waals surface area contributed by atoms with E-state index in [0.717, 1.165) is 32.3 Å². The number of aromatic nitrogens is 1. The van der Waals surface area contributed by atoms with Gasteiger partial charge < -0.3 is 10.3 Å². The smallest absolute Gasteiger partial charge is 0.234 e. The first-order valence-electron chi connectivity index (χ1n) is 7.54. The minimum absolute atomic E-state index is 0.0246. The Labute approximate surface area is 144 Å². The molecule has 3 aromatic rings. The van der Waals surface area contributed by atoms with Gasteiger partial charge in [0.05, 0.1) is 5.41 Å². The number of carbonyl (C=O) groups is 1. The molecule has 0 bridgehead atoms. The lowest BCUT2D eigenvalue weighted by molar-refractivity contribution is -0.120. The number of benzene rings is 2. The first-order valence-corrected chi connectivity index (χ1v) is 8.33. The number of aryl methyl sites for hydroxylation is 1. The number of halogens is 1. The summed E-state index contributed by atoms with van der Waals surface area (Å²) < 4.78 is 0.941. The molecule has 3 rings (SSSR count). The van der Waals surface area contributed by atoms with Crippen LogP contribution in [0, 0.1) is 6.92 Å². The third-order valence-corrected chi connectivity index (χ3v) is 4.66. The second kappa shape index (κ2) is 5.85. The number of carbonyl (C=O) groups excluding carboxylic acids is 1. The van der Waals surface area contributed by atoms with Crippen molar-refractivity contribution in [3.8, 4) is 0 Å². The topological polar surface area (TPSA) is 44.9 Å². The van der Waals surface area contributed by atoms with E-state index in [4.69, 9.17) is 0 Å². The summed E-state index contributed by atoms with van der Waals surface area (Å²) in [6, 6.07) is 15.7. The number of fused-ring (bicyclic) bond motifs is 1. The van der Waals surface area contributed by atoms with Gasteiger partial charge in [-0.3, -0.25) is 4.79 Å². The summed E-state index contributed by atoms with van der Waals surface area (Å²) in [4.78, 5) is 16.3. The Hall–Kier alpha value is -2.07. The Kier molecular flexibility index (Phi) is 4.02. The minimum atomic E-state index is -0.647. The number of H-pyrrole nitrogens is 1. The van der Waals surface area contributed by atoms with Gasteiger partial charge in [0, 0.05) is 26.8 Å². The van der Waals surface area contributed by atoms with E-state index < -0.39 is 5.41 Å². The molecule has 3 nitrogen and oxygen atoms in total. The maximum Gasteiger partial charge on any atom is 0.234 e. The standard InChI is InChI=1S/C19H19BrN2O/c1-12-17(15-9-4-5-10-16(15)21-12)19(2,3)18(23)22-14-8-6-7-13(20)11-14/h4-11,21H,1-3H3,(H,22,23). The van der Waals surface area contributed by atoms with Crippen molar-refractivity contribution in [2.75, 3.05) is 5.32 Å². The van der Waals surface area contributed by atoms with Gasteiger partial charge in [-0.05, 0) is 50.6 Å². The van der Waals surface area contributed by atoms with Crippen LogP contribution in [0.1, 0.15) is 25.1 Å². The summed E-state index contributed by atoms with van der Waals surface area (Å²) in [6.45, 7) is 5.94. The zero-order chi connectivity index (χ0) is 16.6. The number of aromatic amines is 1. The monoisotopic (exact) mass is 370 g/mol. The van der Waals surface area contributed by atoms with Crippen molar-refractivity contribution in [2.24, 2.45) is 0 Å². The molecule has 0 aliphatic rings. The molecule has 1 heterocycles. The number of para-hydroxylation sites is 1. The largest absolute Gasteiger partial charge is 0.358 e. The fourth-order valence-electron chi connectivity index (χ4n) is 3.05. The Balaban J connectivity index is 1.99. The summed E-state index contributed by atoms with van der Waals surface area (Å²) in [5.74, 6) is -0.0246. The van der Waals surface area contributed by atoms with Crippen molar-refractivity contribution in [1.82, 2.24) is 4.98 Å². The molecule has 23 heavy (non-hydrogen) atoms. The molecule has 1 aromatic heterocycles. The maximum absolute atomic E-state index is 12.9. The average Bonchev–Trinajstić information content (AvgIpc) is 2.83. The molecule has 118 valence electrons. The van der Waals surface area contributed by atoms with E-state index in [1.807, 2.05) is 63.2 Å². The van der Waals surface area contributed by atoms with Crippen LogP contribution >= 0.6 is 15.9 Å². The molecule has 1 amide bonds. The highest BCUT2D eigenvalue weighted by molar-refractivity contribution is 9.10. The Morgan fingerprint density at radius 1 is 1.13 bits per heavy atom. The molecule has 2 aromatic carbocycles. The van der Waals surface area contributed by atoms with Gasteiger partial charge in [-0.15, -0.1) is 0 Å². The number of hydrogen-bond acceptors (Lipinski definition) is 1. The van der Waals surface area contributed by atoms with Crippen LogP contribution in [0.3, 0.4) is 0 Å². The van der Waals surface area contributed by atoms with E-state index >= 15 is 0 Å². The number of hydrogen-bond donors (Lipinski definition) is 2. The predicted octanol–water partition coefficient (Wildman–Crippen LogP) is 5.16. The molecular formula is C19H19BrN2O. The van der Waals surface area contributed by atoms with Crippen LogP contribution in [0.15, 0.2) is 53.0 Å². The van der Waals surface area contributed by atoms with Gasteiger partial charge in [0.1, 0.15) is 0 Å². The van der Waals surface area contributed by atoms with Crippen LogP contribution in [0.2, 0.25) is 0 Å². The van der Waals surface area contributed by atoms with E-state index in [2.05, 4.69) is 32.3 Å². The van der Waals surface area contributed by atoms with Gasteiger partial charge >= 0.3 is 0 Å². The minimum Gasteiger partial charge on any atom is -0.358 e. The van der Waals surface area contributed by atoms with E-state index in [1.54, 1.807) is 0 Å². The van der Waals surface area contributed by atoms with E-state index in [9.17, 15) is 4.79 Å². The van der Waals surface area contributed by atoms with E-state index in [1.165, 1.54) is 0 Å². The third-order valence-electron chi connectivity index (χ3n) is 4.17. The van der Waals surface area contributed by atoms with Gasteiger partial charge in [-0.2, -0.15) is 0 Å². The Bertz CT molecular complexity index is 880. The fourth-order valence-corrected chi connectivity index (χ4v) is 3.45. The number of amides is 1. The number of anilines is 1. The van der Waals surface area contributed by atoms with Crippen molar-refractivity contribution >= 4 is 38.4 Å². The van der Waals surface area contributed by atoms with Crippen LogP contribution in [-0.2, 0) is 10.2 Å². The molecule has 0 spiro atoms. The summed E-state index contributed by atoms with van der Waals surface area (Å²) in [5.41, 5.74) is 3.27. The van der Waals surface area contributed by atoms with Crippen molar-refractivity contribution in [3.05, 3.63) is 64.3 Å². The number of rotatable bonds is 3. The van der Waals surface area contributed by atoms with Crippen LogP contribution < -0.4 is 5.32 Å². The zero-order valence-corrected chi connectivity index (χ0v) is 15.0. The SMILES string of the molecule is Cc1[nH]c2ccccc2c1C(C)(C)C(=O)Nc1cccc(Br)c1. The highest BCUT2D eigenvalue weighted by atomic mass is 79.9. The summed E-state index contributed by atoms with van der Waals surface area (Å²) >= 11 is 3.43. The van der Waals surface area contributed by atoms with Crippen molar-refractivity contribution in [2.45, 2.75) is 26.2 Å². The lowest BCUT2D eigenvalue weighted by atomic mass is 9.81. The number of nitrogens with one attached hydrogen (secondary N) is 2. The Morgan fingerprint density at radius 2 is 1.87 bits per heavy atom. The van der Waals surface area contributed by atoms with Gasteiger partial charge in [0.15, 0.2) is 0 Å². The second-order valence-corrected chi connectivity index (χ2v) is 7.18. The molecule has 0 fully saturated rings. The average molecular weight is 371 g/mol. The van der Waals surface area contributed by atoms with Crippen LogP contribution in [0.4, 0.5) is 5.69 Å². The van der Waals surface area contributed by atoms with Crippen LogP contribution in [-0.4, -0.2) is 10.9 Å². The molecule has 2 N–H and O–H groups in total. The van der Waals surface area contributed by atoms with Crippen molar-refractivity contribution in [1.29, 1.82) is 0 Å². The third kappa shape index (κ3) is 2.91. The van der Waals surface area contributed by atoms with E-state index in [-0.39, 0.29) is 5.91 Å². The molecule has 0 atom stereocenters. The first-order chi connectivity index (χ1) is 10.9. The fraction of sp³-hybridized carbons (Fsp3) is 0.211. The Morgan fingerprint density at radius 3 is 2.61 bits per heavy atom. The highest BCUT2D eigenvalue weighted by Crippen LogP contribution is 2.34. The lowest BCUT2D eigenvalue weighted by Gasteiger charge is -2.24. The molecule has 0 unspecified atom stereocenters. The van der Waals surface area contributed by atoms with Gasteiger partial charge in [0.2, 0.25) is 5.91 Å². The maximum atomic E-state index is 12.9. The van der Waals surface area contributed by atoms with Crippen LogP contribution in [0.25, 0.3) is 10.9 Å². The van der Waals surface area contributed by atoms with Gasteiger partial charge in [-0.1, -0.05) is 40.2 Å². The van der Waals surface area contributed by atoms with E-state index in [0.29, 0.717) is 0 Å². The molecule has 0 saturated carbocycles. The lowest BCUT2D eigenvalue weighted by Crippen LogP contribution is -2.35. The van der Waals surface area contributed by atoms with Crippen molar-refractivity contribution < 1.29 is 4.79 Å². The molecule has 4 heteroatoms. The van der Waals surface area contributed by atoms with Gasteiger partial charge in [0.25, 0.3) is 0 Å². The van der Waals surface area contributed by atoms with Gasteiger partial charge in [-0.25, -0.2) is 0 Å². The summed E-state index contributed by atoms with van der Waals surface area (Å²) in [5, 5.41) is 4.12. The van der Waals surface area contributed by atoms with Crippen LogP contribution in [0.5, 0.6) is 0 Å². The zero-order valence-electron chi connectivity index (χ0n) is 13.4. The molecule has 0 saturated heterocycles. The molecule has 0 radical (unpaired) electrons. The molecular weight excluding hydrogens is 352 g/mol. The van der Waals surface area contributed by atoms with Crippen molar-refractivity contribution in [3.63, 3.8) is 0 Å². The first kappa shape index (κ1) is 15.8. The molecule has 0 aliphatic heterocycles.